The smallest absolute Gasteiger partial charge is 0.0828 e. The quantitative estimate of drug-likeness (QED) is 0.823. The van der Waals surface area contributed by atoms with E-state index in [9.17, 15) is 5.11 Å². The fourth-order valence-electron chi connectivity index (χ4n) is 2.85. The SMILES string of the molecule is CCC1CCCCC1C(O)c1ccsc1. The average Bonchev–Trinajstić information content (AvgIpc) is 2.81. The van der Waals surface area contributed by atoms with Crippen LogP contribution in [-0.4, -0.2) is 5.11 Å². The van der Waals surface area contributed by atoms with E-state index in [-0.39, 0.29) is 6.10 Å². The van der Waals surface area contributed by atoms with Crippen LogP contribution in [0.2, 0.25) is 0 Å². The van der Waals surface area contributed by atoms with Crippen molar-refractivity contribution in [1.29, 1.82) is 0 Å². The number of aliphatic hydroxyl groups excluding tert-OH is 1. The van der Waals surface area contributed by atoms with Gasteiger partial charge in [-0.3, -0.25) is 0 Å². The predicted octanol–water partition coefficient (Wildman–Crippen LogP) is 4.00. The molecule has 1 saturated carbocycles. The van der Waals surface area contributed by atoms with Gasteiger partial charge < -0.3 is 5.11 Å². The monoisotopic (exact) mass is 224 g/mol. The van der Waals surface area contributed by atoms with Crippen LogP contribution in [0.3, 0.4) is 0 Å². The number of hydrogen-bond acceptors (Lipinski definition) is 2. The summed E-state index contributed by atoms with van der Waals surface area (Å²) in [6.45, 7) is 2.25. The van der Waals surface area contributed by atoms with Crippen molar-refractivity contribution in [2.75, 3.05) is 0 Å². The van der Waals surface area contributed by atoms with Crippen molar-refractivity contribution in [2.24, 2.45) is 11.8 Å². The summed E-state index contributed by atoms with van der Waals surface area (Å²) in [5.74, 6) is 1.23. The molecule has 0 radical (unpaired) electrons. The minimum atomic E-state index is -0.221. The Balaban J connectivity index is 2.07. The molecule has 3 atom stereocenters. The van der Waals surface area contributed by atoms with E-state index in [1.165, 1.54) is 32.1 Å². The van der Waals surface area contributed by atoms with Crippen molar-refractivity contribution in [1.82, 2.24) is 0 Å². The molecule has 1 aromatic rings. The van der Waals surface area contributed by atoms with E-state index in [4.69, 9.17) is 0 Å². The van der Waals surface area contributed by atoms with Gasteiger partial charge in [-0.2, -0.15) is 11.3 Å². The number of rotatable bonds is 3. The third kappa shape index (κ3) is 2.43. The van der Waals surface area contributed by atoms with Gasteiger partial charge in [0.2, 0.25) is 0 Å². The second-order valence-corrected chi connectivity index (χ2v) is 5.40. The van der Waals surface area contributed by atoms with E-state index < -0.39 is 0 Å². The maximum Gasteiger partial charge on any atom is 0.0828 e. The molecule has 1 aliphatic rings. The standard InChI is InChI=1S/C13H20OS/c1-2-10-5-3-4-6-12(10)13(14)11-7-8-15-9-11/h7-10,12-14H,2-6H2,1H3. The fraction of sp³-hybridized carbons (Fsp3) is 0.692. The molecule has 2 rings (SSSR count). The van der Waals surface area contributed by atoms with Crippen molar-refractivity contribution in [3.8, 4) is 0 Å². The van der Waals surface area contributed by atoms with Gasteiger partial charge in [0.25, 0.3) is 0 Å². The lowest BCUT2D eigenvalue weighted by Crippen LogP contribution is -2.25. The molecule has 84 valence electrons. The van der Waals surface area contributed by atoms with Crippen LogP contribution < -0.4 is 0 Å². The Labute approximate surface area is 96.1 Å². The Morgan fingerprint density at radius 2 is 2.27 bits per heavy atom. The van der Waals surface area contributed by atoms with Gasteiger partial charge in [0.1, 0.15) is 0 Å². The maximum atomic E-state index is 10.3. The molecular formula is C13H20OS. The van der Waals surface area contributed by atoms with Gasteiger partial charge in [-0.05, 0) is 40.6 Å². The highest BCUT2D eigenvalue weighted by molar-refractivity contribution is 7.07. The van der Waals surface area contributed by atoms with E-state index in [0.29, 0.717) is 5.92 Å². The topological polar surface area (TPSA) is 20.2 Å². The summed E-state index contributed by atoms with van der Waals surface area (Å²) in [4.78, 5) is 0. The molecule has 3 unspecified atom stereocenters. The second kappa shape index (κ2) is 5.13. The zero-order chi connectivity index (χ0) is 10.7. The summed E-state index contributed by atoms with van der Waals surface area (Å²) in [5.41, 5.74) is 1.13. The fourth-order valence-corrected chi connectivity index (χ4v) is 3.54. The van der Waals surface area contributed by atoms with Crippen molar-refractivity contribution >= 4 is 11.3 Å². The molecule has 1 aromatic heterocycles. The molecule has 1 aliphatic carbocycles. The summed E-state index contributed by atoms with van der Waals surface area (Å²) in [7, 11) is 0. The largest absolute Gasteiger partial charge is 0.388 e. The summed E-state index contributed by atoms with van der Waals surface area (Å²) >= 11 is 1.68. The highest BCUT2D eigenvalue weighted by Gasteiger charge is 2.30. The third-order valence-corrected chi connectivity index (χ3v) is 4.48. The lowest BCUT2D eigenvalue weighted by molar-refractivity contribution is 0.0455. The number of aliphatic hydroxyl groups is 1. The zero-order valence-electron chi connectivity index (χ0n) is 9.36. The first kappa shape index (κ1) is 11.2. The zero-order valence-corrected chi connectivity index (χ0v) is 10.2. The first-order valence-corrected chi connectivity index (χ1v) is 6.97. The van der Waals surface area contributed by atoms with Crippen molar-refractivity contribution < 1.29 is 5.11 Å². The molecule has 1 heterocycles. The van der Waals surface area contributed by atoms with Crippen molar-refractivity contribution in [3.63, 3.8) is 0 Å². The van der Waals surface area contributed by atoms with Crippen LogP contribution in [0, 0.1) is 11.8 Å². The van der Waals surface area contributed by atoms with Crippen molar-refractivity contribution in [2.45, 2.75) is 45.1 Å². The Bertz CT molecular complexity index is 281. The van der Waals surface area contributed by atoms with Crippen LogP contribution in [-0.2, 0) is 0 Å². The van der Waals surface area contributed by atoms with Crippen LogP contribution in [0.5, 0.6) is 0 Å². The van der Waals surface area contributed by atoms with E-state index >= 15 is 0 Å². The number of thiophene rings is 1. The first-order valence-electron chi connectivity index (χ1n) is 6.03. The second-order valence-electron chi connectivity index (χ2n) is 4.62. The molecule has 0 bridgehead atoms. The molecule has 0 spiro atoms. The van der Waals surface area contributed by atoms with Crippen LogP contribution in [0.1, 0.15) is 50.7 Å². The predicted molar refractivity (Wildman–Crippen MR) is 65.0 cm³/mol. The number of hydrogen-bond donors (Lipinski definition) is 1. The third-order valence-electron chi connectivity index (χ3n) is 3.78. The maximum absolute atomic E-state index is 10.3. The molecule has 1 fully saturated rings. The minimum absolute atomic E-state index is 0.221. The lowest BCUT2D eigenvalue weighted by Gasteiger charge is -2.34. The van der Waals surface area contributed by atoms with Crippen LogP contribution in [0.4, 0.5) is 0 Å². The minimum Gasteiger partial charge on any atom is -0.388 e. The van der Waals surface area contributed by atoms with Crippen molar-refractivity contribution in [3.05, 3.63) is 22.4 Å². The van der Waals surface area contributed by atoms with Gasteiger partial charge in [0.15, 0.2) is 0 Å². The highest BCUT2D eigenvalue weighted by Crippen LogP contribution is 2.40. The molecule has 1 nitrogen and oxygen atoms in total. The lowest BCUT2D eigenvalue weighted by atomic mass is 9.74. The Kier molecular flexibility index (Phi) is 3.81. The molecular weight excluding hydrogens is 204 g/mol. The molecule has 0 saturated heterocycles. The Hall–Kier alpha value is -0.340. The summed E-state index contributed by atoms with van der Waals surface area (Å²) < 4.78 is 0. The van der Waals surface area contributed by atoms with Gasteiger partial charge in [0, 0.05) is 0 Å². The highest BCUT2D eigenvalue weighted by atomic mass is 32.1. The first-order chi connectivity index (χ1) is 7.33. The van der Waals surface area contributed by atoms with Gasteiger partial charge in [-0.25, -0.2) is 0 Å². The van der Waals surface area contributed by atoms with Gasteiger partial charge in [0.05, 0.1) is 6.10 Å². The normalized spacial score (nSPS) is 28.9. The van der Waals surface area contributed by atoms with Gasteiger partial charge in [-0.15, -0.1) is 0 Å². The molecule has 0 aromatic carbocycles. The molecule has 0 amide bonds. The summed E-state index contributed by atoms with van der Waals surface area (Å²) in [5, 5.41) is 14.5. The summed E-state index contributed by atoms with van der Waals surface area (Å²) in [6, 6.07) is 2.07. The van der Waals surface area contributed by atoms with Gasteiger partial charge >= 0.3 is 0 Å². The van der Waals surface area contributed by atoms with Crippen LogP contribution in [0.15, 0.2) is 16.8 Å². The Morgan fingerprint density at radius 1 is 1.47 bits per heavy atom. The van der Waals surface area contributed by atoms with Gasteiger partial charge in [-0.1, -0.05) is 32.6 Å². The Morgan fingerprint density at radius 3 is 2.93 bits per heavy atom. The van der Waals surface area contributed by atoms with E-state index in [1.807, 2.05) is 0 Å². The average molecular weight is 224 g/mol. The van der Waals surface area contributed by atoms with Crippen LogP contribution in [0.25, 0.3) is 0 Å². The van der Waals surface area contributed by atoms with E-state index in [1.54, 1.807) is 11.3 Å². The molecule has 0 aliphatic heterocycles. The van der Waals surface area contributed by atoms with Crippen LogP contribution >= 0.6 is 11.3 Å². The molecule has 1 N–H and O–H groups in total. The molecule has 2 heteroatoms. The van der Waals surface area contributed by atoms with E-state index in [2.05, 4.69) is 23.8 Å². The molecule has 15 heavy (non-hydrogen) atoms. The summed E-state index contributed by atoms with van der Waals surface area (Å²) in [6.07, 6.45) is 6.15. The van der Waals surface area contributed by atoms with E-state index in [0.717, 1.165) is 11.5 Å².